The fourth-order valence-corrected chi connectivity index (χ4v) is 2.01. The predicted octanol–water partition coefficient (Wildman–Crippen LogP) is 3.15. The van der Waals surface area contributed by atoms with Crippen molar-refractivity contribution in [1.29, 1.82) is 0 Å². The number of ether oxygens (including phenoxy) is 1. The van der Waals surface area contributed by atoms with Crippen LogP contribution in [0.2, 0.25) is 0 Å². The van der Waals surface area contributed by atoms with Crippen LogP contribution in [0.4, 0.5) is 5.69 Å². The molecule has 0 fully saturated rings. The lowest BCUT2D eigenvalue weighted by molar-refractivity contribution is -0.384. The molecule has 1 aromatic carbocycles. The van der Waals surface area contributed by atoms with E-state index in [4.69, 9.17) is 9.15 Å². The van der Waals surface area contributed by atoms with Crippen LogP contribution in [0.5, 0.6) is 0 Å². The number of oxazole rings is 1. The lowest BCUT2D eigenvalue weighted by Gasteiger charge is -2.01. The summed E-state index contributed by atoms with van der Waals surface area (Å²) in [7, 11) is 0. The van der Waals surface area contributed by atoms with Gasteiger partial charge in [0.1, 0.15) is 0 Å². The van der Waals surface area contributed by atoms with Crippen LogP contribution in [-0.2, 0) is 4.74 Å². The van der Waals surface area contributed by atoms with Crippen molar-refractivity contribution in [3.63, 3.8) is 0 Å². The first kappa shape index (κ1) is 15.0. The van der Waals surface area contributed by atoms with Gasteiger partial charge >= 0.3 is 5.97 Å². The van der Waals surface area contributed by atoms with E-state index in [0.29, 0.717) is 10.8 Å². The van der Waals surface area contributed by atoms with Crippen LogP contribution in [0.1, 0.15) is 17.4 Å². The molecule has 1 aromatic heterocycles. The first-order valence-corrected chi connectivity index (χ1v) is 7.26. The van der Waals surface area contributed by atoms with E-state index >= 15 is 0 Å². The van der Waals surface area contributed by atoms with Crippen LogP contribution < -0.4 is 0 Å². The van der Waals surface area contributed by atoms with Crippen LogP contribution in [0.25, 0.3) is 11.3 Å². The van der Waals surface area contributed by atoms with Crippen LogP contribution in [-0.4, -0.2) is 28.7 Å². The van der Waals surface area contributed by atoms with E-state index < -0.39 is 10.9 Å². The Hall–Kier alpha value is -2.35. The van der Waals surface area contributed by atoms with Crippen molar-refractivity contribution in [1.82, 2.24) is 4.98 Å². The quantitative estimate of drug-likeness (QED) is 0.362. The van der Waals surface area contributed by atoms with E-state index in [1.165, 1.54) is 36.0 Å². The molecule has 2 rings (SSSR count). The van der Waals surface area contributed by atoms with Crippen molar-refractivity contribution < 1.29 is 18.9 Å². The molecule has 110 valence electrons. The van der Waals surface area contributed by atoms with E-state index in [1.54, 1.807) is 13.2 Å². The second-order valence-electron chi connectivity index (χ2n) is 3.89. The number of nitro groups is 1. The van der Waals surface area contributed by atoms with Gasteiger partial charge in [-0.25, -0.2) is 4.79 Å². The van der Waals surface area contributed by atoms with Crippen molar-refractivity contribution in [2.75, 3.05) is 12.9 Å². The van der Waals surface area contributed by atoms with Gasteiger partial charge in [0, 0.05) is 17.7 Å². The smallest absolute Gasteiger partial charge is 0.361 e. The molecule has 0 amide bonds. The topological polar surface area (TPSA) is 95.5 Å². The number of benzene rings is 1. The number of hydrogen-bond acceptors (Lipinski definition) is 7. The minimum absolute atomic E-state index is 0.0407. The Kier molecular flexibility index (Phi) is 4.59. The molecular weight excluding hydrogens is 296 g/mol. The third kappa shape index (κ3) is 3.22. The van der Waals surface area contributed by atoms with Gasteiger partial charge in [-0.1, -0.05) is 11.8 Å². The fraction of sp³-hybridized carbons (Fsp3) is 0.231. The van der Waals surface area contributed by atoms with Gasteiger partial charge in [-0.3, -0.25) is 10.1 Å². The molecule has 21 heavy (non-hydrogen) atoms. The molecule has 2 aromatic rings. The average molecular weight is 308 g/mol. The van der Waals surface area contributed by atoms with Gasteiger partial charge in [-0.05, 0) is 25.3 Å². The highest BCUT2D eigenvalue weighted by atomic mass is 32.2. The SMILES string of the molecule is CCOC(=O)c1nc(SC)oc1-c1ccc([N+](=O)[O-])cc1. The molecular formula is C13H12N2O5S. The molecule has 0 radical (unpaired) electrons. The Balaban J connectivity index is 2.44. The number of thioether (sulfide) groups is 1. The van der Waals surface area contributed by atoms with Gasteiger partial charge in [-0.15, -0.1) is 0 Å². The zero-order chi connectivity index (χ0) is 15.4. The summed E-state index contributed by atoms with van der Waals surface area (Å²) in [5.41, 5.74) is 0.549. The molecule has 0 aliphatic heterocycles. The number of nitro benzene ring substituents is 1. The van der Waals surface area contributed by atoms with Gasteiger partial charge in [0.15, 0.2) is 11.5 Å². The maximum absolute atomic E-state index is 11.9. The number of non-ortho nitro benzene ring substituents is 1. The van der Waals surface area contributed by atoms with Crippen molar-refractivity contribution in [2.24, 2.45) is 0 Å². The van der Waals surface area contributed by atoms with Crippen LogP contribution in [0, 0.1) is 10.1 Å². The normalized spacial score (nSPS) is 10.4. The molecule has 1 heterocycles. The zero-order valence-corrected chi connectivity index (χ0v) is 12.2. The summed E-state index contributed by atoms with van der Waals surface area (Å²) in [6.45, 7) is 1.92. The molecule has 0 aliphatic carbocycles. The summed E-state index contributed by atoms with van der Waals surface area (Å²) in [6.07, 6.45) is 1.76. The summed E-state index contributed by atoms with van der Waals surface area (Å²) in [4.78, 5) is 26.1. The molecule has 0 aliphatic rings. The Morgan fingerprint density at radius 3 is 2.62 bits per heavy atom. The third-order valence-corrected chi connectivity index (χ3v) is 3.12. The summed E-state index contributed by atoms with van der Waals surface area (Å²) in [6, 6.07) is 5.69. The van der Waals surface area contributed by atoms with Crippen molar-refractivity contribution in [3.05, 3.63) is 40.1 Å². The van der Waals surface area contributed by atoms with E-state index in [9.17, 15) is 14.9 Å². The second kappa shape index (κ2) is 6.40. The molecule has 0 spiro atoms. The van der Waals surface area contributed by atoms with Gasteiger partial charge in [0.05, 0.1) is 11.5 Å². The predicted molar refractivity (Wildman–Crippen MR) is 76.3 cm³/mol. The van der Waals surface area contributed by atoms with Crippen LogP contribution >= 0.6 is 11.8 Å². The first-order chi connectivity index (χ1) is 10.1. The Morgan fingerprint density at radius 2 is 2.10 bits per heavy atom. The summed E-state index contributed by atoms with van der Waals surface area (Å²) in [5, 5.41) is 11.0. The molecule has 0 atom stereocenters. The van der Waals surface area contributed by atoms with Gasteiger partial charge in [0.25, 0.3) is 10.9 Å². The van der Waals surface area contributed by atoms with Crippen molar-refractivity contribution >= 4 is 23.4 Å². The summed E-state index contributed by atoms with van der Waals surface area (Å²) >= 11 is 1.25. The molecule has 0 N–H and O–H groups in total. The zero-order valence-electron chi connectivity index (χ0n) is 11.4. The fourth-order valence-electron chi connectivity index (χ4n) is 1.66. The second-order valence-corrected chi connectivity index (χ2v) is 4.64. The highest BCUT2D eigenvalue weighted by Crippen LogP contribution is 2.30. The van der Waals surface area contributed by atoms with E-state index in [2.05, 4.69) is 4.98 Å². The lowest BCUT2D eigenvalue weighted by Crippen LogP contribution is -2.06. The molecule has 0 unspecified atom stereocenters. The number of esters is 1. The summed E-state index contributed by atoms with van der Waals surface area (Å²) < 4.78 is 10.4. The van der Waals surface area contributed by atoms with Crippen LogP contribution in [0.15, 0.2) is 33.9 Å². The number of aromatic nitrogens is 1. The maximum Gasteiger partial charge on any atom is 0.361 e. The molecule has 0 bridgehead atoms. The van der Waals surface area contributed by atoms with Crippen LogP contribution in [0.3, 0.4) is 0 Å². The number of nitrogens with zero attached hydrogens (tertiary/aromatic N) is 2. The van der Waals surface area contributed by atoms with E-state index in [1.807, 2.05) is 0 Å². The highest BCUT2D eigenvalue weighted by Gasteiger charge is 2.22. The van der Waals surface area contributed by atoms with E-state index in [-0.39, 0.29) is 23.7 Å². The first-order valence-electron chi connectivity index (χ1n) is 6.03. The number of carbonyl (C=O) groups is 1. The monoisotopic (exact) mass is 308 g/mol. The van der Waals surface area contributed by atoms with Gasteiger partial charge < -0.3 is 9.15 Å². The largest absolute Gasteiger partial charge is 0.461 e. The lowest BCUT2D eigenvalue weighted by atomic mass is 10.1. The number of hydrogen-bond donors (Lipinski definition) is 0. The van der Waals surface area contributed by atoms with Crippen molar-refractivity contribution in [3.8, 4) is 11.3 Å². The molecule has 0 saturated heterocycles. The number of rotatable bonds is 5. The van der Waals surface area contributed by atoms with Gasteiger partial charge in [-0.2, -0.15) is 4.98 Å². The molecule has 7 nitrogen and oxygen atoms in total. The minimum atomic E-state index is -0.588. The highest BCUT2D eigenvalue weighted by molar-refractivity contribution is 7.98. The maximum atomic E-state index is 11.9. The number of carbonyl (C=O) groups excluding carboxylic acids is 1. The molecule has 8 heteroatoms. The third-order valence-electron chi connectivity index (χ3n) is 2.59. The standard InChI is InChI=1S/C13H12N2O5S/c1-3-19-12(16)10-11(20-13(14-10)21-2)8-4-6-9(7-5-8)15(17)18/h4-7H,3H2,1-2H3. The van der Waals surface area contributed by atoms with Crippen molar-refractivity contribution in [2.45, 2.75) is 12.1 Å². The Morgan fingerprint density at radius 1 is 1.43 bits per heavy atom. The average Bonchev–Trinajstić information content (AvgIpc) is 2.92. The van der Waals surface area contributed by atoms with E-state index in [0.717, 1.165) is 0 Å². The Labute approximate surface area is 124 Å². The Bertz CT molecular complexity index is 666. The minimum Gasteiger partial charge on any atom is -0.461 e. The van der Waals surface area contributed by atoms with Gasteiger partial charge in [0.2, 0.25) is 0 Å². The molecule has 0 saturated carbocycles. The summed E-state index contributed by atoms with van der Waals surface area (Å²) in [5.74, 6) is -0.345.